The van der Waals surface area contributed by atoms with E-state index in [0.29, 0.717) is 6.61 Å². The maximum Gasteiger partial charge on any atom is 0.253 e. The molecule has 1 aromatic carbocycles. The molecule has 1 atom stereocenters. The number of benzene rings is 1. The van der Waals surface area contributed by atoms with Crippen LogP contribution in [0.2, 0.25) is 0 Å². The fraction of sp³-hybridized carbons (Fsp3) is 0.619. The van der Waals surface area contributed by atoms with Crippen molar-refractivity contribution in [2.45, 2.75) is 32.3 Å². The van der Waals surface area contributed by atoms with Gasteiger partial charge in [-0.2, -0.15) is 0 Å². The summed E-state index contributed by atoms with van der Waals surface area (Å²) >= 11 is 0. The van der Waals surface area contributed by atoms with Crippen molar-refractivity contribution in [3.63, 3.8) is 0 Å². The van der Waals surface area contributed by atoms with Gasteiger partial charge in [-0.05, 0) is 43.9 Å². The topological polar surface area (TPSA) is 75.2 Å². The zero-order valence-electron chi connectivity index (χ0n) is 17.8. The highest BCUT2D eigenvalue weighted by Gasteiger charge is 2.15. The molecule has 1 aromatic rings. The Kier molecular flexibility index (Phi) is 12.9. The first-order valence-corrected chi connectivity index (χ1v) is 10.1. The Labute approximate surface area is 191 Å². The number of aliphatic imine (C=N–C) groups is 1. The Morgan fingerprint density at radius 1 is 1.34 bits per heavy atom. The van der Waals surface area contributed by atoms with Crippen LogP contribution in [0, 0.1) is 0 Å². The molecule has 1 amide bonds. The van der Waals surface area contributed by atoms with Gasteiger partial charge in [0.05, 0.1) is 12.7 Å². The second kappa shape index (κ2) is 14.6. The first kappa shape index (κ1) is 25.6. The summed E-state index contributed by atoms with van der Waals surface area (Å²) in [5.41, 5.74) is 1.85. The molecule has 1 fully saturated rings. The van der Waals surface area contributed by atoms with Gasteiger partial charge in [0, 0.05) is 52.5 Å². The highest BCUT2D eigenvalue weighted by Crippen LogP contribution is 2.09. The van der Waals surface area contributed by atoms with Gasteiger partial charge in [-0.1, -0.05) is 12.1 Å². The van der Waals surface area contributed by atoms with Crippen molar-refractivity contribution in [1.82, 2.24) is 15.5 Å². The number of halogens is 1. The van der Waals surface area contributed by atoms with Crippen molar-refractivity contribution < 1.29 is 14.3 Å². The van der Waals surface area contributed by atoms with Gasteiger partial charge in [0.25, 0.3) is 5.91 Å². The lowest BCUT2D eigenvalue weighted by Crippen LogP contribution is -2.38. The minimum Gasteiger partial charge on any atom is -0.379 e. The van der Waals surface area contributed by atoms with Gasteiger partial charge in [0.2, 0.25) is 0 Å². The monoisotopic (exact) mass is 518 g/mol. The lowest BCUT2D eigenvalue weighted by atomic mass is 10.1. The van der Waals surface area contributed by atoms with Crippen LogP contribution < -0.4 is 10.6 Å². The van der Waals surface area contributed by atoms with Crippen molar-refractivity contribution in [3.05, 3.63) is 35.4 Å². The average molecular weight is 518 g/mol. The minimum absolute atomic E-state index is 0. The van der Waals surface area contributed by atoms with Gasteiger partial charge >= 0.3 is 0 Å². The molecule has 164 valence electrons. The summed E-state index contributed by atoms with van der Waals surface area (Å²) in [6.45, 7) is 6.57. The molecule has 1 heterocycles. The highest BCUT2D eigenvalue weighted by molar-refractivity contribution is 14.0. The third-order valence-electron chi connectivity index (χ3n) is 4.44. The van der Waals surface area contributed by atoms with E-state index in [2.05, 4.69) is 22.5 Å². The van der Waals surface area contributed by atoms with Crippen LogP contribution in [0.3, 0.4) is 0 Å². The lowest BCUT2D eigenvalue weighted by Gasteiger charge is -2.13. The summed E-state index contributed by atoms with van der Waals surface area (Å²) in [4.78, 5) is 18.3. The third kappa shape index (κ3) is 9.77. The van der Waals surface area contributed by atoms with E-state index in [9.17, 15) is 4.79 Å². The van der Waals surface area contributed by atoms with Crippen molar-refractivity contribution in [1.29, 1.82) is 0 Å². The number of ether oxygens (including phenoxy) is 2. The van der Waals surface area contributed by atoms with Crippen molar-refractivity contribution >= 4 is 35.8 Å². The van der Waals surface area contributed by atoms with Crippen LogP contribution in [0.1, 0.15) is 35.7 Å². The number of rotatable bonds is 10. The van der Waals surface area contributed by atoms with E-state index in [1.807, 2.05) is 24.3 Å². The molecule has 0 bridgehead atoms. The first-order chi connectivity index (χ1) is 13.6. The molecule has 1 saturated heterocycles. The van der Waals surface area contributed by atoms with Crippen LogP contribution in [-0.2, 0) is 15.9 Å². The van der Waals surface area contributed by atoms with Crippen molar-refractivity contribution in [2.75, 3.05) is 53.6 Å². The van der Waals surface area contributed by atoms with Crippen LogP contribution >= 0.6 is 24.0 Å². The largest absolute Gasteiger partial charge is 0.379 e. The molecule has 0 aromatic heterocycles. The zero-order valence-corrected chi connectivity index (χ0v) is 20.1. The van der Waals surface area contributed by atoms with E-state index in [1.54, 1.807) is 19.0 Å². The quantitative estimate of drug-likeness (QED) is 0.215. The molecule has 7 nitrogen and oxygen atoms in total. The van der Waals surface area contributed by atoms with Crippen molar-refractivity contribution in [3.8, 4) is 0 Å². The van der Waals surface area contributed by atoms with E-state index in [0.717, 1.165) is 69.2 Å². The summed E-state index contributed by atoms with van der Waals surface area (Å²) < 4.78 is 11.1. The highest BCUT2D eigenvalue weighted by atomic mass is 127. The van der Waals surface area contributed by atoms with E-state index in [4.69, 9.17) is 9.47 Å². The van der Waals surface area contributed by atoms with Gasteiger partial charge in [-0.15, -0.1) is 24.0 Å². The summed E-state index contributed by atoms with van der Waals surface area (Å²) in [5.74, 6) is 0.836. The molecule has 0 aliphatic carbocycles. The summed E-state index contributed by atoms with van der Waals surface area (Å²) in [6.07, 6.45) is 2.96. The number of carbonyl (C=O) groups excluding carboxylic acids is 1. The van der Waals surface area contributed by atoms with Gasteiger partial charge < -0.3 is 25.0 Å². The number of nitrogens with one attached hydrogen (secondary N) is 2. The molecule has 1 unspecified atom stereocenters. The number of hydrogen-bond donors (Lipinski definition) is 2. The second-order valence-electron chi connectivity index (χ2n) is 7.05. The average Bonchev–Trinajstić information content (AvgIpc) is 3.20. The summed E-state index contributed by atoms with van der Waals surface area (Å²) in [7, 11) is 3.53. The van der Waals surface area contributed by atoms with E-state index in [-0.39, 0.29) is 36.0 Å². The van der Waals surface area contributed by atoms with E-state index < -0.39 is 0 Å². The molecule has 0 saturated carbocycles. The fourth-order valence-electron chi connectivity index (χ4n) is 2.93. The Bertz CT molecular complexity index is 634. The van der Waals surface area contributed by atoms with E-state index >= 15 is 0 Å². The molecule has 29 heavy (non-hydrogen) atoms. The van der Waals surface area contributed by atoms with Crippen LogP contribution in [0.15, 0.2) is 29.3 Å². The Morgan fingerprint density at radius 3 is 2.86 bits per heavy atom. The summed E-state index contributed by atoms with van der Waals surface area (Å²) in [6, 6.07) is 7.78. The molecule has 8 heteroatoms. The molecule has 0 spiro atoms. The smallest absolute Gasteiger partial charge is 0.253 e. The Hall–Kier alpha value is -1.39. The SMILES string of the molecule is CCNC(=NCCCOC1CCOC1)NCCc1cccc(C(=O)N(C)C)c1.I. The van der Waals surface area contributed by atoms with Gasteiger partial charge in [0.15, 0.2) is 5.96 Å². The maximum atomic E-state index is 12.1. The molecule has 1 aliphatic heterocycles. The standard InChI is InChI=1S/C21H34N4O3.HI/c1-4-22-21(23-11-6-13-28-19-10-14-27-16-19)24-12-9-17-7-5-8-18(15-17)20(26)25(2)3;/h5,7-8,15,19H,4,6,9-14,16H2,1-3H3,(H2,22,23,24);1H. The lowest BCUT2D eigenvalue weighted by molar-refractivity contribution is 0.0424. The fourth-order valence-corrected chi connectivity index (χ4v) is 2.93. The molecular formula is C21H35IN4O3. The molecule has 1 aliphatic rings. The Morgan fingerprint density at radius 2 is 2.17 bits per heavy atom. The zero-order chi connectivity index (χ0) is 20.2. The second-order valence-corrected chi connectivity index (χ2v) is 7.05. The predicted molar refractivity (Wildman–Crippen MR) is 127 cm³/mol. The number of guanidine groups is 1. The molecule has 2 N–H and O–H groups in total. The first-order valence-electron chi connectivity index (χ1n) is 10.1. The maximum absolute atomic E-state index is 12.1. The van der Waals surface area contributed by atoms with Crippen LogP contribution in [0.25, 0.3) is 0 Å². The number of hydrogen-bond acceptors (Lipinski definition) is 4. The predicted octanol–water partition coefficient (Wildman–Crippen LogP) is 2.30. The van der Waals surface area contributed by atoms with Crippen molar-refractivity contribution in [2.24, 2.45) is 4.99 Å². The van der Waals surface area contributed by atoms with Crippen LogP contribution in [0.5, 0.6) is 0 Å². The molecule has 0 radical (unpaired) electrons. The number of carbonyl (C=O) groups is 1. The Balaban J connectivity index is 0.00000420. The minimum atomic E-state index is 0. The number of amides is 1. The van der Waals surface area contributed by atoms with Gasteiger partial charge in [-0.25, -0.2) is 0 Å². The normalized spacial score (nSPS) is 16.2. The van der Waals surface area contributed by atoms with Crippen LogP contribution in [-0.4, -0.2) is 76.4 Å². The molecular weight excluding hydrogens is 483 g/mol. The number of nitrogens with zero attached hydrogens (tertiary/aromatic N) is 2. The summed E-state index contributed by atoms with van der Waals surface area (Å²) in [5, 5.41) is 6.62. The van der Waals surface area contributed by atoms with Crippen LogP contribution in [0.4, 0.5) is 0 Å². The third-order valence-corrected chi connectivity index (χ3v) is 4.44. The van der Waals surface area contributed by atoms with Gasteiger partial charge in [-0.3, -0.25) is 9.79 Å². The molecule has 2 rings (SSSR count). The van der Waals surface area contributed by atoms with E-state index in [1.165, 1.54) is 0 Å². The van der Waals surface area contributed by atoms with Gasteiger partial charge in [0.1, 0.15) is 0 Å².